The molecule has 104 valence electrons. The molecule has 0 radical (unpaired) electrons. The molecule has 1 fully saturated rings. The largest absolute Gasteiger partial charge is 0.311 e. The number of thioether (sulfide) groups is 1. The van der Waals surface area contributed by atoms with Crippen molar-refractivity contribution in [3.8, 4) is 0 Å². The minimum Gasteiger partial charge on any atom is -0.311 e. The maximum Gasteiger partial charge on any atom is 0.0489 e. The van der Waals surface area contributed by atoms with Crippen LogP contribution in [0.1, 0.15) is 37.7 Å². The zero-order valence-electron chi connectivity index (χ0n) is 11.3. The molecule has 1 aliphatic carbocycles. The average molecular weight is 296 g/mol. The van der Waals surface area contributed by atoms with Crippen LogP contribution in [0.15, 0.2) is 29.2 Å². The molecule has 1 heterocycles. The number of alkyl halides is 1. The highest BCUT2D eigenvalue weighted by Crippen LogP contribution is 2.36. The van der Waals surface area contributed by atoms with E-state index >= 15 is 0 Å². The first-order valence-electron chi connectivity index (χ1n) is 7.45. The molecule has 3 heteroatoms. The fourth-order valence-electron chi connectivity index (χ4n) is 3.14. The van der Waals surface area contributed by atoms with Crippen LogP contribution in [-0.4, -0.2) is 23.2 Å². The van der Waals surface area contributed by atoms with Crippen LogP contribution in [0.3, 0.4) is 0 Å². The topological polar surface area (TPSA) is 12.0 Å². The lowest BCUT2D eigenvalue weighted by atomic mass is 10.1. The molecule has 0 bridgehead atoms. The second-order valence-corrected chi connectivity index (χ2v) is 7.62. The number of nitrogens with one attached hydrogen (secondary N) is 1. The normalized spacial score (nSPS) is 30.9. The van der Waals surface area contributed by atoms with Gasteiger partial charge in [-0.15, -0.1) is 23.4 Å². The Morgan fingerprint density at radius 3 is 2.89 bits per heavy atom. The molecule has 19 heavy (non-hydrogen) atoms. The summed E-state index contributed by atoms with van der Waals surface area (Å²) < 4.78 is 0. The SMILES string of the molecule is ClC1CCCCCC1NCC1Cc2ccccc2S1. The van der Waals surface area contributed by atoms with Gasteiger partial charge in [0, 0.05) is 28.1 Å². The van der Waals surface area contributed by atoms with Gasteiger partial charge in [-0.3, -0.25) is 0 Å². The molecule has 3 rings (SSSR count). The fourth-order valence-corrected chi connectivity index (χ4v) is 4.77. The predicted molar refractivity (Wildman–Crippen MR) is 84.3 cm³/mol. The van der Waals surface area contributed by atoms with Gasteiger partial charge in [-0.1, -0.05) is 37.5 Å². The fraction of sp³-hybridized carbons (Fsp3) is 0.625. The number of hydrogen-bond donors (Lipinski definition) is 1. The molecule has 1 aliphatic heterocycles. The summed E-state index contributed by atoms with van der Waals surface area (Å²) in [4.78, 5) is 1.47. The predicted octanol–water partition coefficient (Wildman–Crippen LogP) is 4.23. The molecule has 3 atom stereocenters. The third kappa shape index (κ3) is 3.48. The Morgan fingerprint density at radius 2 is 2.00 bits per heavy atom. The standard InChI is InChI=1S/C16H22ClNS/c17-14-7-2-1-3-8-15(14)18-11-13-10-12-6-4-5-9-16(12)19-13/h4-6,9,13-15,18H,1-3,7-8,10-11H2. The summed E-state index contributed by atoms with van der Waals surface area (Å²) in [6.45, 7) is 1.09. The van der Waals surface area contributed by atoms with Crippen LogP contribution in [-0.2, 0) is 6.42 Å². The van der Waals surface area contributed by atoms with E-state index in [1.54, 1.807) is 0 Å². The molecular weight excluding hydrogens is 274 g/mol. The summed E-state index contributed by atoms with van der Waals surface area (Å²) in [6.07, 6.45) is 7.61. The zero-order chi connectivity index (χ0) is 13.1. The Hall–Kier alpha value is -0.180. The molecule has 0 aromatic heterocycles. The number of halogens is 1. The van der Waals surface area contributed by atoms with E-state index in [1.165, 1.54) is 49.0 Å². The third-order valence-corrected chi connectivity index (χ3v) is 6.09. The van der Waals surface area contributed by atoms with E-state index in [9.17, 15) is 0 Å². The minimum atomic E-state index is 0.330. The molecule has 1 aromatic carbocycles. The molecule has 0 amide bonds. The summed E-state index contributed by atoms with van der Waals surface area (Å²) in [6, 6.07) is 9.32. The summed E-state index contributed by atoms with van der Waals surface area (Å²) >= 11 is 8.52. The maximum absolute atomic E-state index is 6.49. The van der Waals surface area contributed by atoms with Gasteiger partial charge in [0.2, 0.25) is 0 Å². The zero-order valence-corrected chi connectivity index (χ0v) is 12.8. The molecule has 0 spiro atoms. The molecule has 3 unspecified atom stereocenters. The van der Waals surface area contributed by atoms with Crippen molar-refractivity contribution in [3.63, 3.8) is 0 Å². The Labute approximate surface area is 125 Å². The summed E-state index contributed by atoms with van der Waals surface area (Å²) in [5, 5.41) is 4.75. The molecular formula is C16H22ClNS. The first-order valence-corrected chi connectivity index (χ1v) is 8.76. The van der Waals surface area contributed by atoms with Crippen molar-refractivity contribution >= 4 is 23.4 Å². The second kappa shape index (κ2) is 6.51. The number of fused-ring (bicyclic) bond motifs is 1. The van der Waals surface area contributed by atoms with Crippen LogP contribution in [0.5, 0.6) is 0 Å². The first kappa shape index (κ1) is 13.8. The van der Waals surface area contributed by atoms with Crippen LogP contribution in [0.2, 0.25) is 0 Å². The molecule has 1 aromatic rings. The van der Waals surface area contributed by atoms with Gasteiger partial charge in [-0.05, 0) is 30.9 Å². The van der Waals surface area contributed by atoms with Crippen LogP contribution >= 0.6 is 23.4 Å². The van der Waals surface area contributed by atoms with E-state index in [0.29, 0.717) is 16.7 Å². The lowest BCUT2D eigenvalue weighted by molar-refractivity contribution is 0.465. The van der Waals surface area contributed by atoms with E-state index in [-0.39, 0.29) is 0 Å². The summed E-state index contributed by atoms with van der Waals surface area (Å²) in [5.41, 5.74) is 1.52. The van der Waals surface area contributed by atoms with E-state index in [2.05, 4.69) is 29.6 Å². The average Bonchev–Trinajstić information content (AvgIpc) is 2.73. The van der Waals surface area contributed by atoms with Crippen LogP contribution in [0.25, 0.3) is 0 Å². The van der Waals surface area contributed by atoms with Crippen molar-refractivity contribution in [1.82, 2.24) is 5.32 Å². The number of rotatable bonds is 3. The van der Waals surface area contributed by atoms with Gasteiger partial charge < -0.3 is 5.32 Å². The number of hydrogen-bond acceptors (Lipinski definition) is 2. The van der Waals surface area contributed by atoms with Gasteiger partial charge >= 0.3 is 0 Å². The molecule has 2 aliphatic rings. The van der Waals surface area contributed by atoms with Gasteiger partial charge in [0.1, 0.15) is 0 Å². The molecule has 0 saturated heterocycles. The Morgan fingerprint density at radius 1 is 1.16 bits per heavy atom. The van der Waals surface area contributed by atoms with Gasteiger partial charge in [0.05, 0.1) is 0 Å². The van der Waals surface area contributed by atoms with Crippen molar-refractivity contribution in [2.45, 2.75) is 60.1 Å². The second-order valence-electron chi connectivity index (χ2n) is 5.72. The smallest absolute Gasteiger partial charge is 0.0489 e. The minimum absolute atomic E-state index is 0.330. The van der Waals surface area contributed by atoms with Gasteiger partial charge in [-0.2, -0.15) is 0 Å². The highest BCUT2D eigenvalue weighted by atomic mass is 35.5. The van der Waals surface area contributed by atoms with Crippen molar-refractivity contribution in [3.05, 3.63) is 29.8 Å². The number of benzene rings is 1. The quantitative estimate of drug-likeness (QED) is 0.661. The van der Waals surface area contributed by atoms with Crippen LogP contribution < -0.4 is 5.32 Å². The lowest BCUT2D eigenvalue weighted by Crippen LogP contribution is -2.39. The molecule has 1 N–H and O–H groups in total. The third-order valence-electron chi connectivity index (χ3n) is 4.25. The Balaban J connectivity index is 1.51. The lowest BCUT2D eigenvalue weighted by Gasteiger charge is -2.23. The van der Waals surface area contributed by atoms with Crippen LogP contribution in [0, 0.1) is 0 Å². The summed E-state index contributed by atoms with van der Waals surface area (Å²) in [7, 11) is 0. The maximum atomic E-state index is 6.49. The molecule has 1 nitrogen and oxygen atoms in total. The highest BCUT2D eigenvalue weighted by molar-refractivity contribution is 8.00. The highest BCUT2D eigenvalue weighted by Gasteiger charge is 2.25. The Kier molecular flexibility index (Phi) is 4.73. The Bertz CT molecular complexity index is 398. The van der Waals surface area contributed by atoms with Crippen molar-refractivity contribution in [1.29, 1.82) is 0 Å². The van der Waals surface area contributed by atoms with Crippen LogP contribution in [0.4, 0.5) is 0 Å². The van der Waals surface area contributed by atoms with Crippen molar-refractivity contribution in [2.75, 3.05) is 6.54 Å². The van der Waals surface area contributed by atoms with E-state index in [0.717, 1.165) is 6.54 Å². The van der Waals surface area contributed by atoms with Crippen molar-refractivity contribution < 1.29 is 0 Å². The van der Waals surface area contributed by atoms with Gasteiger partial charge in [-0.25, -0.2) is 0 Å². The summed E-state index contributed by atoms with van der Waals surface area (Å²) in [5.74, 6) is 0. The van der Waals surface area contributed by atoms with Gasteiger partial charge in [0.15, 0.2) is 0 Å². The molecule has 1 saturated carbocycles. The van der Waals surface area contributed by atoms with Crippen molar-refractivity contribution in [2.24, 2.45) is 0 Å². The van der Waals surface area contributed by atoms with E-state index in [1.807, 2.05) is 11.8 Å². The van der Waals surface area contributed by atoms with Gasteiger partial charge in [0.25, 0.3) is 0 Å². The van der Waals surface area contributed by atoms with E-state index < -0.39 is 0 Å². The monoisotopic (exact) mass is 295 g/mol. The van der Waals surface area contributed by atoms with E-state index in [4.69, 9.17) is 11.6 Å². The first-order chi connectivity index (χ1) is 9.33.